The average Bonchev–Trinajstić information content (AvgIpc) is 2.61. The predicted octanol–water partition coefficient (Wildman–Crippen LogP) is 3.62. The molecule has 0 bridgehead atoms. The number of rotatable bonds is 3. The van der Waals surface area contributed by atoms with E-state index in [1.165, 1.54) is 6.07 Å². The van der Waals surface area contributed by atoms with Crippen molar-refractivity contribution in [3.63, 3.8) is 0 Å². The molecular weight excluding hydrogens is 516 g/mol. The molecule has 1 aromatic heterocycles. The largest absolute Gasteiger partial charge is 0.508 e. The van der Waals surface area contributed by atoms with Gasteiger partial charge in [-0.05, 0) is 36.4 Å². The Morgan fingerprint density at radius 1 is 0.966 bits per heavy atom. The Balaban J connectivity index is 0.000000224. The third-order valence-corrected chi connectivity index (χ3v) is 4.03. The molecule has 0 spiro atoms. The number of phenolic OH excluding ortho intramolecular Hbond substituents is 1. The minimum Gasteiger partial charge on any atom is -0.508 e. The molecule has 4 N–H and O–H groups in total. The van der Waals surface area contributed by atoms with Crippen molar-refractivity contribution in [1.82, 2.24) is 0 Å². The van der Waals surface area contributed by atoms with Gasteiger partial charge in [0.15, 0.2) is 6.10 Å². The van der Waals surface area contributed by atoms with Crippen molar-refractivity contribution in [2.75, 3.05) is 0 Å². The molecule has 0 saturated carbocycles. The van der Waals surface area contributed by atoms with Crippen molar-refractivity contribution < 1.29 is 34.4 Å². The third kappa shape index (κ3) is 9.88. The number of fused-ring (bicyclic) bond motifs is 1. The molecule has 3 rings (SSSR count). The van der Waals surface area contributed by atoms with Crippen LogP contribution in [0.15, 0.2) is 72.8 Å². The number of aromatic hydroxyl groups is 1. The summed E-state index contributed by atoms with van der Waals surface area (Å²) >= 11 is 6.50. The van der Waals surface area contributed by atoms with Crippen LogP contribution < -0.4 is 5.63 Å². The molecule has 29 heavy (non-hydrogen) atoms. The first-order valence-electron chi connectivity index (χ1n) is 7.85. The smallest absolute Gasteiger partial charge is 0.336 e. The summed E-state index contributed by atoms with van der Waals surface area (Å²) < 4.78 is 6.76. The number of carboxylic acids is 2. The zero-order valence-electron chi connectivity index (χ0n) is 14.7. The highest BCUT2D eigenvalue weighted by Gasteiger charge is 2.16. The molecule has 0 aliphatic rings. The van der Waals surface area contributed by atoms with Crippen LogP contribution in [0.1, 0.15) is 6.42 Å². The van der Waals surface area contributed by atoms with Gasteiger partial charge in [0.25, 0.3) is 0 Å². The summed E-state index contributed by atoms with van der Waals surface area (Å²) in [6.07, 6.45) is -2.54. The van der Waals surface area contributed by atoms with Crippen LogP contribution in [-0.2, 0) is 9.59 Å². The Kier molecular flexibility index (Phi) is 10.1. The second kappa shape index (κ2) is 12.0. The molecule has 0 radical (unpaired) electrons. The fourth-order valence-corrected chi connectivity index (χ4v) is 2.49. The second-order valence-corrected chi connectivity index (χ2v) is 7.20. The molecule has 0 saturated heterocycles. The first-order valence-corrected chi connectivity index (χ1v) is 9.43. The molecule has 0 aliphatic heterocycles. The number of aliphatic hydroxyl groups excluding tert-OH is 1. The zero-order chi connectivity index (χ0) is 22.0. The lowest BCUT2D eigenvalue weighted by atomic mass is 10.2. The third-order valence-electron chi connectivity index (χ3n) is 3.05. The van der Waals surface area contributed by atoms with Crippen molar-refractivity contribution in [2.45, 2.75) is 12.5 Å². The van der Waals surface area contributed by atoms with E-state index >= 15 is 0 Å². The topological polar surface area (TPSA) is 145 Å². The Morgan fingerprint density at radius 3 is 2.07 bits per heavy atom. The SMILES string of the molecule is O=C(O)CC(O)C(=O)O.O=c1ccc2ccc(Br)cc2o1.Oc1cccc(Br)c1. The molecule has 0 aliphatic carbocycles. The second-order valence-electron chi connectivity index (χ2n) is 5.37. The number of aliphatic hydroxyl groups is 1. The predicted molar refractivity (Wildman–Crippen MR) is 112 cm³/mol. The number of hydrogen-bond donors (Lipinski definition) is 4. The molecular formula is C19H16Br2O8. The van der Waals surface area contributed by atoms with Crippen LogP contribution in [0, 0.1) is 0 Å². The van der Waals surface area contributed by atoms with Crippen molar-refractivity contribution in [1.29, 1.82) is 0 Å². The highest BCUT2D eigenvalue weighted by Crippen LogP contribution is 2.17. The lowest BCUT2D eigenvalue weighted by molar-refractivity contribution is -0.152. The van der Waals surface area contributed by atoms with Crippen LogP contribution in [0.3, 0.4) is 0 Å². The van der Waals surface area contributed by atoms with Gasteiger partial charge in [0.2, 0.25) is 0 Å². The Labute approximate surface area is 181 Å². The fraction of sp³-hybridized carbons (Fsp3) is 0.105. The maximum atomic E-state index is 10.8. The van der Waals surface area contributed by atoms with Gasteiger partial charge in [0.05, 0.1) is 6.42 Å². The van der Waals surface area contributed by atoms with E-state index in [1.807, 2.05) is 18.2 Å². The Morgan fingerprint density at radius 2 is 1.59 bits per heavy atom. The molecule has 1 heterocycles. The van der Waals surface area contributed by atoms with E-state index in [2.05, 4.69) is 31.9 Å². The lowest BCUT2D eigenvalue weighted by Gasteiger charge is -1.97. The summed E-state index contributed by atoms with van der Waals surface area (Å²) in [5, 5.41) is 33.9. The number of carboxylic acid groups (broad SMARTS) is 2. The summed E-state index contributed by atoms with van der Waals surface area (Å²) in [5.74, 6) is -2.55. The van der Waals surface area contributed by atoms with Crippen molar-refractivity contribution in [3.05, 3.63) is 74.0 Å². The van der Waals surface area contributed by atoms with Gasteiger partial charge < -0.3 is 24.8 Å². The van der Waals surface area contributed by atoms with Crippen LogP contribution in [0.5, 0.6) is 5.75 Å². The first kappa shape index (κ1) is 24.3. The summed E-state index contributed by atoms with van der Waals surface area (Å²) in [6.45, 7) is 0. The molecule has 1 unspecified atom stereocenters. The van der Waals surface area contributed by atoms with Gasteiger partial charge in [-0.1, -0.05) is 44.0 Å². The highest BCUT2D eigenvalue weighted by molar-refractivity contribution is 9.10. The maximum absolute atomic E-state index is 10.8. The summed E-state index contributed by atoms with van der Waals surface area (Å²) in [5.41, 5.74) is 0.289. The Bertz CT molecular complexity index is 1010. The van der Waals surface area contributed by atoms with E-state index in [9.17, 15) is 14.4 Å². The van der Waals surface area contributed by atoms with Crippen molar-refractivity contribution >= 4 is 54.8 Å². The van der Waals surface area contributed by atoms with Gasteiger partial charge in [-0.2, -0.15) is 0 Å². The van der Waals surface area contributed by atoms with E-state index in [0.29, 0.717) is 11.3 Å². The first-order chi connectivity index (χ1) is 13.6. The van der Waals surface area contributed by atoms with Gasteiger partial charge in [-0.25, -0.2) is 9.59 Å². The monoisotopic (exact) mass is 530 g/mol. The van der Waals surface area contributed by atoms with Crippen molar-refractivity contribution in [3.8, 4) is 5.75 Å². The number of carbonyl (C=O) groups is 2. The highest BCUT2D eigenvalue weighted by atomic mass is 79.9. The van der Waals surface area contributed by atoms with E-state index in [0.717, 1.165) is 14.3 Å². The zero-order valence-corrected chi connectivity index (χ0v) is 17.8. The van der Waals surface area contributed by atoms with Gasteiger partial charge in [-0.3, -0.25) is 4.79 Å². The van der Waals surface area contributed by atoms with Gasteiger partial charge in [0, 0.05) is 20.4 Å². The average molecular weight is 532 g/mol. The van der Waals surface area contributed by atoms with Crippen LogP contribution in [0.4, 0.5) is 0 Å². The molecule has 8 nitrogen and oxygen atoms in total. The van der Waals surface area contributed by atoms with Crippen LogP contribution in [-0.4, -0.2) is 38.5 Å². The van der Waals surface area contributed by atoms with E-state index in [-0.39, 0.29) is 5.63 Å². The molecule has 0 amide bonds. The van der Waals surface area contributed by atoms with E-state index in [4.69, 9.17) is 24.8 Å². The van der Waals surface area contributed by atoms with Gasteiger partial charge in [-0.15, -0.1) is 0 Å². The normalized spacial score (nSPS) is 10.7. The van der Waals surface area contributed by atoms with Crippen LogP contribution in [0.2, 0.25) is 0 Å². The van der Waals surface area contributed by atoms with E-state index in [1.54, 1.807) is 30.3 Å². The van der Waals surface area contributed by atoms with Crippen LogP contribution in [0.25, 0.3) is 11.0 Å². The maximum Gasteiger partial charge on any atom is 0.336 e. The number of aliphatic carboxylic acids is 2. The van der Waals surface area contributed by atoms with Crippen molar-refractivity contribution in [2.24, 2.45) is 0 Å². The van der Waals surface area contributed by atoms with Gasteiger partial charge >= 0.3 is 17.6 Å². The number of hydrogen-bond acceptors (Lipinski definition) is 6. The standard InChI is InChI=1S/C9H5BrO2.C6H5BrO.C4H6O5/c10-7-3-1-6-2-4-9(11)12-8(6)5-7;7-5-2-1-3-6(8)4-5;5-2(4(8)9)1-3(6)7/h1-5H;1-4,8H;2,5H,1H2,(H,6,7)(H,8,9). The lowest BCUT2D eigenvalue weighted by Crippen LogP contribution is -2.22. The molecule has 10 heteroatoms. The summed E-state index contributed by atoms with van der Waals surface area (Å²) in [4.78, 5) is 30.2. The quantitative estimate of drug-likeness (QED) is 0.375. The Hall–Kier alpha value is -2.69. The minimum absolute atomic E-state index is 0.291. The van der Waals surface area contributed by atoms with E-state index < -0.39 is 24.5 Å². The minimum atomic E-state index is -1.79. The molecule has 0 fully saturated rings. The van der Waals surface area contributed by atoms with Crippen LogP contribution >= 0.6 is 31.9 Å². The molecule has 1 atom stereocenters. The fourth-order valence-electron chi connectivity index (χ4n) is 1.76. The number of phenols is 1. The molecule has 154 valence electrons. The summed E-state index contributed by atoms with van der Waals surface area (Å²) in [6, 6.07) is 15.6. The van der Waals surface area contributed by atoms with Gasteiger partial charge in [0.1, 0.15) is 11.3 Å². The number of benzene rings is 2. The molecule has 3 aromatic rings. The number of halogens is 2. The summed E-state index contributed by atoms with van der Waals surface area (Å²) in [7, 11) is 0. The molecule has 2 aromatic carbocycles.